The molecule has 0 saturated carbocycles. The Morgan fingerprint density at radius 1 is 1.59 bits per heavy atom. The second kappa shape index (κ2) is 5.97. The zero-order chi connectivity index (χ0) is 13.0. The zero-order valence-electron chi connectivity index (χ0n) is 9.59. The number of hydrogen-bond acceptors (Lipinski definition) is 3. The third kappa shape index (κ3) is 3.41. The number of ether oxygens (including phenoxy) is 2. The first-order valence-electron chi connectivity index (χ1n) is 4.95. The number of rotatable bonds is 5. The van der Waals surface area contributed by atoms with Crippen molar-refractivity contribution in [3.63, 3.8) is 0 Å². The lowest BCUT2D eigenvalue weighted by molar-refractivity contribution is 0.0892. The summed E-state index contributed by atoms with van der Waals surface area (Å²) in [5.74, 6) is -0.667. The van der Waals surface area contributed by atoms with Gasteiger partial charge in [0.2, 0.25) is 0 Å². The molecule has 1 atom stereocenters. The molecule has 17 heavy (non-hydrogen) atoms. The van der Waals surface area contributed by atoms with E-state index in [1.54, 1.807) is 14.0 Å². The molecule has 0 amide bonds. The highest BCUT2D eigenvalue weighted by molar-refractivity contribution is 9.10. The van der Waals surface area contributed by atoms with E-state index < -0.39 is 5.82 Å². The van der Waals surface area contributed by atoms with Gasteiger partial charge in [-0.05, 0) is 35.0 Å². The number of hydrogen-bond donors (Lipinski definition) is 2. The van der Waals surface area contributed by atoms with Crippen LogP contribution in [0.3, 0.4) is 0 Å². The molecule has 1 unspecified atom stereocenters. The van der Waals surface area contributed by atoms with Gasteiger partial charge in [-0.1, -0.05) is 0 Å². The summed E-state index contributed by atoms with van der Waals surface area (Å²) < 4.78 is 24.2. The van der Waals surface area contributed by atoms with Crippen LogP contribution in [0.15, 0.2) is 16.6 Å². The molecule has 0 radical (unpaired) electrons. The lowest BCUT2D eigenvalue weighted by atomic mass is 10.2. The average Bonchev–Trinajstić information content (AvgIpc) is 2.25. The lowest BCUT2D eigenvalue weighted by Gasteiger charge is -2.15. The fourth-order valence-electron chi connectivity index (χ4n) is 1.32. The van der Waals surface area contributed by atoms with Crippen LogP contribution in [0.2, 0.25) is 0 Å². The maximum absolute atomic E-state index is 13.9. The van der Waals surface area contributed by atoms with Gasteiger partial charge in [-0.15, -0.1) is 0 Å². The molecule has 1 rings (SSSR count). The van der Waals surface area contributed by atoms with E-state index in [0.717, 1.165) is 0 Å². The third-order valence-electron chi connectivity index (χ3n) is 2.07. The van der Waals surface area contributed by atoms with Crippen molar-refractivity contribution in [1.29, 1.82) is 5.41 Å². The van der Waals surface area contributed by atoms with Crippen LogP contribution < -0.4 is 10.5 Å². The van der Waals surface area contributed by atoms with E-state index in [1.807, 2.05) is 0 Å². The van der Waals surface area contributed by atoms with Crippen molar-refractivity contribution in [2.45, 2.75) is 13.0 Å². The Kier molecular flexibility index (Phi) is 4.89. The first kappa shape index (κ1) is 13.9. The van der Waals surface area contributed by atoms with Crippen LogP contribution in [-0.2, 0) is 4.74 Å². The number of amidine groups is 1. The standard InChI is InChI=1S/C11H14BrFN2O2/c1-6(5-16-2)17-8-4-3-7(11(14)15)9(12)10(8)13/h3-4,6H,5H2,1-2H3,(H3,14,15). The highest BCUT2D eigenvalue weighted by Gasteiger charge is 2.15. The van der Waals surface area contributed by atoms with Crippen LogP contribution in [0.5, 0.6) is 5.75 Å². The molecule has 3 N–H and O–H groups in total. The number of benzene rings is 1. The summed E-state index contributed by atoms with van der Waals surface area (Å²) in [5.41, 5.74) is 5.61. The Bertz CT molecular complexity index is 426. The van der Waals surface area contributed by atoms with Gasteiger partial charge in [-0.2, -0.15) is 0 Å². The minimum atomic E-state index is -0.569. The van der Waals surface area contributed by atoms with Gasteiger partial charge in [-0.3, -0.25) is 5.41 Å². The quantitative estimate of drug-likeness (QED) is 0.648. The molecule has 0 spiro atoms. The second-order valence-corrected chi connectivity index (χ2v) is 4.33. The summed E-state index contributed by atoms with van der Waals surface area (Å²) in [6, 6.07) is 2.98. The van der Waals surface area contributed by atoms with Crippen LogP contribution in [0, 0.1) is 11.2 Å². The monoisotopic (exact) mass is 304 g/mol. The maximum Gasteiger partial charge on any atom is 0.179 e. The Labute approximate surface area is 108 Å². The number of methoxy groups -OCH3 is 1. The van der Waals surface area contributed by atoms with E-state index >= 15 is 0 Å². The fourth-order valence-corrected chi connectivity index (χ4v) is 1.86. The zero-order valence-corrected chi connectivity index (χ0v) is 11.2. The highest BCUT2D eigenvalue weighted by Crippen LogP contribution is 2.29. The van der Waals surface area contributed by atoms with Crippen molar-refractivity contribution in [2.24, 2.45) is 5.73 Å². The third-order valence-corrected chi connectivity index (χ3v) is 2.84. The molecule has 1 aromatic rings. The predicted molar refractivity (Wildman–Crippen MR) is 67.1 cm³/mol. The Balaban J connectivity index is 2.96. The fraction of sp³-hybridized carbons (Fsp3) is 0.364. The Morgan fingerprint density at radius 3 is 2.76 bits per heavy atom. The molecule has 0 saturated heterocycles. The molecule has 0 heterocycles. The Morgan fingerprint density at radius 2 is 2.24 bits per heavy atom. The van der Waals surface area contributed by atoms with Crippen molar-refractivity contribution in [2.75, 3.05) is 13.7 Å². The topological polar surface area (TPSA) is 68.3 Å². The van der Waals surface area contributed by atoms with Crippen LogP contribution in [0.25, 0.3) is 0 Å². The number of nitrogens with two attached hydrogens (primary N) is 1. The number of halogens is 2. The maximum atomic E-state index is 13.9. The van der Waals surface area contributed by atoms with Gasteiger partial charge in [0.05, 0.1) is 11.1 Å². The van der Waals surface area contributed by atoms with Crippen molar-refractivity contribution >= 4 is 21.8 Å². The van der Waals surface area contributed by atoms with Gasteiger partial charge in [0.25, 0.3) is 0 Å². The van der Waals surface area contributed by atoms with Gasteiger partial charge in [0.15, 0.2) is 11.6 Å². The number of nitrogen functional groups attached to an aromatic ring is 1. The lowest BCUT2D eigenvalue weighted by Crippen LogP contribution is -2.19. The molecule has 0 fully saturated rings. The molecule has 6 heteroatoms. The van der Waals surface area contributed by atoms with Crippen molar-refractivity contribution in [3.8, 4) is 5.75 Å². The second-order valence-electron chi connectivity index (χ2n) is 3.54. The van der Waals surface area contributed by atoms with E-state index in [9.17, 15) is 4.39 Å². The molecule has 0 aliphatic heterocycles. The van der Waals surface area contributed by atoms with Gasteiger partial charge in [-0.25, -0.2) is 4.39 Å². The minimum absolute atomic E-state index is 0.103. The predicted octanol–water partition coefficient (Wildman–Crippen LogP) is 2.29. The smallest absolute Gasteiger partial charge is 0.179 e. The SMILES string of the molecule is COCC(C)Oc1ccc(C(=N)N)c(Br)c1F. The van der Waals surface area contributed by atoms with Crippen LogP contribution in [0.1, 0.15) is 12.5 Å². The first-order valence-corrected chi connectivity index (χ1v) is 5.74. The summed E-state index contributed by atoms with van der Waals surface area (Å²) in [6.45, 7) is 2.14. The van der Waals surface area contributed by atoms with Crippen LogP contribution in [0.4, 0.5) is 4.39 Å². The van der Waals surface area contributed by atoms with Gasteiger partial charge in [0.1, 0.15) is 11.9 Å². The van der Waals surface area contributed by atoms with E-state index in [0.29, 0.717) is 12.2 Å². The number of nitrogens with one attached hydrogen (secondary N) is 1. The summed E-state index contributed by atoms with van der Waals surface area (Å²) in [5, 5.41) is 7.27. The van der Waals surface area contributed by atoms with E-state index in [4.69, 9.17) is 20.6 Å². The summed E-state index contributed by atoms with van der Waals surface area (Å²) >= 11 is 3.05. The Hall–Kier alpha value is -1.14. The highest BCUT2D eigenvalue weighted by atomic mass is 79.9. The molecule has 1 aromatic carbocycles. The van der Waals surface area contributed by atoms with Gasteiger partial charge in [0, 0.05) is 12.7 Å². The van der Waals surface area contributed by atoms with Gasteiger partial charge < -0.3 is 15.2 Å². The van der Waals surface area contributed by atoms with Gasteiger partial charge >= 0.3 is 0 Å². The molecule has 0 bridgehead atoms. The van der Waals surface area contributed by atoms with E-state index in [2.05, 4.69) is 15.9 Å². The largest absolute Gasteiger partial charge is 0.485 e. The molecular formula is C11H14BrFN2O2. The summed E-state index contributed by atoms with van der Waals surface area (Å²) in [6.07, 6.45) is -0.260. The van der Waals surface area contributed by atoms with Crippen LogP contribution in [-0.4, -0.2) is 25.7 Å². The van der Waals surface area contributed by atoms with E-state index in [-0.39, 0.29) is 22.2 Å². The summed E-state index contributed by atoms with van der Waals surface area (Å²) in [7, 11) is 1.55. The molecule has 0 aliphatic rings. The van der Waals surface area contributed by atoms with Crippen molar-refractivity contribution in [3.05, 3.63) is 28.0 Å². The molecule has 94 valence electrons. The first-order chi connectivity index (χ1) is 7.97. The summed E-state index contributed by atoms with van der Waals surface area (Å²) in [4.78, 5) is 0. The van der Waals surface area contributed by atoms with Crippen LogP contribution >= 0.6 is 15.9 Å². The van der Waals surface area contributed by atoms with E-state index in [1.165, 1.54) is 12.1 Å². The van der Waals surface area contributed by atoms with Crippen molar-refractivity contribution < 1.29 is 13.9 Å². The molecule has 4 nitrogen and oxygen atoms in total. The average molecular weight is 305 g/mol. The molecule has 0 aromatic heterocycles. The normalized spacial score (nSPS) is 12.2. The molecular weight excluding hydrogens is 291 g/mol. The minimum Gasteiger partial charge on any atom is -0.485 e. The van der Waals surface area contributed by atoms with Crippen molar-refractivity contribution in [1.82, 2.24) is 0 Å². The molecule has 0 aliphatic carbocycles.